The number of rotatable bonds is 5. The van der Waals surface area contributed by atoms with Gasteiger partial charge in [0.25, 0.3) is 0 Å². The maximum atomic E-state index is 12.6. The van der Waals surface area contributed by atoms with Crippen LogP contribution in [-0.2, 0) is 16.0 Å². The third kappa shape index (κ3) is 6.80. The summed E-state index contributed by atoms with van der Waals surface area (Å²) in [4.78, 5) is 28.5. The minimum atomic E-state index is -0.546. The summed E-state index contributed by atoms with van der Waals surface area (Å²) in [7, 11) is 0. The Hall–Kier alpha value is -2.11. The molecule has 0 unspecified atom stereocenters. The van der Waals surface area contributed by atoms with Gasteiger partial charge in [-0.15, -0.1) is 0 Å². The summed E-state index contributed by atoms with van der Waals surface area (Å²) < 4.78 is 11.0. The van der Waals surface area contributed by atoms with Gasteiger partial charge in [0.2, 0.25) is 0 Å². The van der Waals surface area contributed by atoms with Crippen molar-refractivity contribution in [3.05, 3.63) is 29.6 Å². The van der Waals surface area contributed by atoms with Gasteiger partial charge in [0.05, 0.1) is 17.8 Å². The molecule has 2 rings (SSSR count). The highest BCUT2D eigenvalue weighted by atomic mass is 16.6. The lowest BCUT2D eigenvalue weighted by Crippen LogP contribution is -2.35. The highest BCUT2D eigenvalue weighted by molar-refractivity contribution is 5.89. The molecule has 1 aromatic rings. The third-order valence-corrected chi connectivity index (χ3v) is 5.09. The molecule has 0 aliphatic heterocycles. The van der Waals surface area contributed by atoms with Crippen molar-refractivity contribution < 1.29 is 19.1 Å². The molecule has 1 heterocycles. The van der Waals surface area contributed by atoms with E-state index in [4.69, 9.17) is 9.47 Å². The molecule has 3 atom stereocenters. The van der Waals surface area contributed by atoms with Crippen molar-refractivity contribution >= 4 is 12.1 Å². The molecular formula is C22H34N2O4. The zero-order valence-electron chi connectivity index (χ0n) is 18.0. The van der Waals surface area contributed by atoms with Gasteiger partial charge >= 0.3 is 12.1 Å². The molecule has 0 bridgehead atoms. The van der Waals surface area contributed by atoms with Crippen LogP contribution in [0.15, 0.2) is 18.3 Å². The maximum Gasteiger partial charge on any atom is 0.407 e. The van der Waals surface area contributed by atoms with Gasteiger partial charge in [-0.25, -0.2) is 9.59 Å². The lowest BCUT2D eigenvalue weighted by molar-refractivity contribution is -0.0174. The predicted octanol–water partition coefficient (Wildman–Crippen LogP) is 4.72. The minimum Gasteiger partial charge on any atom is -0.458 e. The van der Waals surface area contributed by atoms with Crippen LogP contribution in [0.25, 0.3) is 0 Å². The van der Waals surface area contributed by atoms with E-state index < -0.39 is 11.7 Å². The first-order valence-corrected chi connectivity index (χ1v) is 10.2. The Bertz CT molecular complexity index is 664. The number of aromatic nitrogens is 1. The first-order chi connectivity index (χ1) is 13.0. The number of carbonyl (C=O) groups is 2. The van der Waals surface area contributed by atoms with Crippen molar-refractivity contribution in [3.8, 4) is 0 Å². The number of amides is 1. The summed E-state index contributed by atoms with van der Waals surface area (Å²) in [5.74, 6) is 1.14. The van der Waals surface area contributed by atoms with Crippen LogP contribution in [0.5, 0.6) is 0 Å². The van der Waals surface area contributed by atoms with E-state index in [1.165, 1.54) is 12.6 Å². The fraction of sp³-hybridized carbons (Fsp3) is 0.682. The molecule has 1 amide bonds. The molecule has 1 N–H and O–H groups in total. The van der Waals surface area contributed by atoms with E-state index in [2.05, 4.69) is 31.1 Å². The summed E-state index contributed by atoms with van der Waals surface area (Å²) in [5, 5.41) is 2.65. The zero-order valence-corrected chi connectivity index (χ0v) is 18.0. The van der Waals surface area contributed by atoms with E-state index in [-0.39, 0.29) is 18.6 Å². The van der Waals surface area contributed by atoms with Crippen molar-refractivity contribution in [1.82, 2.24) is 10.3 Å². The maximum absolute atomic E-state index is 12.6. The number of esters is 1. The van der Waals surface area contributed by atoms with Crippen molar-refractivity contribution in [1.29, 1.82) is 0 Å². The van der Waals surface area contributed by atoms with Crippen LogP contribution in [0.4, 0.5) is 4.79 Å². The highest BCUT2D eigenvalue weighted by Gasteiger charge is 2.33. The second-order valence-corrected chi connectivity index (χ2v) is 9.16. The average molecular weight is 391 g/mol. The molecule has 1 aromatic heterocycles. The Morgan fingerprint density at radius 2 is 1.96 bits per heavy atom. The standard InChI is InChI=1S/C22H34N2O4/c1-14(2)18-10-7-15(3)11-19(18)27-20(25)16-8-9-17(23-12-16)13-24-21(26)28-22(4,5)6/h8-9,12,14-15,18-19H,7,10-11,13H2,1-6H3,(H,24,26)/t15-,18+,19-/m0/s1. The third-order valence-electron chi connectivity index (χ3n) is 5.09. The quantitative estimate of drug-likeness (QED) is 0.736. The first kappa shape index (κ1) is 22.2. The van der Waals surface area contributed by atoms with E-state index in [0.717, 1.165) is 12.8 Å². The summed E-state index contributed by atoms with van der Waals surface area (Å²) in [6.45, 7) is 12.3. The van der Waals surface area contributed by atoms with Crippen LogP contribution in [0.1, 0.15) is 76.9 Å². The molecule has 0 spiro atoms. The fourth-order valence-electron chi connectivity index (χ4n) is 3.58. The number of nitrogens with zero attached hydrogens (tertiary/aromatic N) is 1. The van der Waals surface area contributed by atoms with Crippen molar-refractivity contribution in [2.24, 2.45) is 17.8 Å². The Kier molecular flexibility index (Phi) is 7.44. The monoisotopic (exact) mass is 390 g/mol. The first-order valence-electron chi connectivity index (χ1n) is 10.2. The van der Waals surface area contributed by atoms with Crippen molar-refractivity contribution in [2.75, 3.05) is 0 Å². The Balaban J connectivity index is 1.91. The number of ether oxygens (including phenoxy) is 2. The van der Waals surface area contributed by atoms with E-state index >= 15 is 0 Å². The van der Waals surface area contributed by atoms with Gasteiger partial charge in [0, 0.05) is 6.20 Å². The van der Waals surface area contributed by atoms with Gasteiger partial charge in [0.1, 0.15) is 11.7 Å². The van der Waals surface area contributed by atoms with Gasteiger partial charge < -0.3 is 14.8 Å². The number of hydrogen-bond acceptors (Lipinski definition) is 5. The van der Waals surface area contributed by atoms with Crippen LogP contribution >= 0.6 is 0 Å². The summed E-state index contributed by atoms with van der Waals surface area (Å²) in [6, 6.07) is 3.41. The van der Waals surface area contributed by atoms with Crippen molar-refractivity contribution in [2.45, 2.75) is 79.1 Å². The van der Waals surface area contributed by atoms with Crippen LogP contribution in [0.3, 0.4) is 0 Å². The zero-order chi connectivity index (χ0) is 20.9. The Labute approximate surface area is 168 Å². The van der Waals surface area contributed by atoms with Crippen molar-refractivity contribution in [3.63, 3.8) is 0 Å². The molecule has 28 heavy (non-hydrogen) atoms. The van der Waals surface area contributed by atoms with Gasteiger partial charge in [-0.05, 0) is 63.5 Å². The second kappa shape index (κ2) is 9.39. The lowest BCUT2D eigenvalue weighted by Gasteiger charge is -2.36. The molecule has 0 radical (unpaired) electrons. The highest BCUT2D eigenvalue weighted by Crippen LogP contribution is 2.35. The number of pyridine rings is 1. The molecule has 6 heteroatoms. The van der Waals surface area contributed by atoms with Gasteiger partial charge in [-0.3, -0.25) is 4.98 Å². The molecule has 156 valence electrons. The van der Waals surface area contributed by atoms with E-state index in [9.17, 15) is 9.59 Å². The minimum absolute atomic E-state index is 0.0373. The Morgan fingerprint density at radius 1 is 1.25 bits per heavy atom. The fourth-order valence-corrected chi connectivity index (χ4v) is 3.58. The van der Waals surface area contributed by atoms with Gasteiger partial charge in [-0.1, -0.05) is 27.2 Å². The topological polar surface area (TPSA) is 77.5 Å². The Morgan fingerprint density at radius 3 is 2.54 bits per heavy atom. The van der Waals surface area contributed by atoms with Crippen LogP contribution in [-0.4, -0.2) is 28.8 Å². The molecular weight excluding hydrogens is 356 g/mol. The summed E-state index contributed by atoms with van der Waals surface area (Å²) in [6.07, 6.45) is 4.18. The molecule has 6 nitrogen and oxygen atoms in total. The summed E-state index contributed by atoms with van der Waals surface area (Å²) in [5.41, 5.74) is 0.533. The largest absolute Gasteiger partial charge is 0.458 e. The van der Waals surface area contributed by atoms with E-state index in [1.54, 1.807) is 12.1 Å². The summed E-state index contributed by atoms with van der Waals surface area (Å²) >= 11 is 0. The predicted molar refractivity (Wildman–Crippen MR) is 108 cm³/mol. The van der Waals surface area contributed by atoms with Crippen LogP contribution in [0.2, 0.25) is 0 Å². The molecule has 1 saturated carbocycles. The lowest BCUT2D eigenvalue weighted by atomic mass is 9.75. The van der Waals surface area contributed by atoms with Gasteiger partial charge in [-0.2, -0.15) is 0 Å². The molecule has 1 aliphatic rings. The normalized spacial score (nSPS) is 22.6. The second-order valence-electron chi connectivity index (χ2n) is 9.16. The number of carbonyl (C=O) groups excluding carboxylic acids is 2. The smallest absolute Gasteiger partial charge is 0.407 e. The van der Waals surface area contributed by atoms with E-state index in [1.807, 2.05) is 20.8 Å². The molecule has 1 aliphatic carbocycles. The molecule has 1 fully saturated rings. The molecule has 0 aromatic carbocycles. The van der Waals surface area contributed by atoms with Crippen LogP contribution in [0, 0.1) is 17.8 Å². The average Bonchev–Trinajstić information content (AvgIpc) is 2.58. The SMILES string of the molecule is CC(C)[C@H]1CC[C@H](C)C[C@@H]1OC(=O)c1ccc(CNC(=O)OC(C)(C)C)nc1. The van der Waals surface area contributed by atoms with E-state index in [0.29, 0.717) is 29.0 Å². The van der Waals surface area contributed by atoms with Crippen LogP contribution < -0.4 is 5.32 Å². The number of alkyl carbamates (subject to hydrolysis) is 1. The molecule has 0 saturated heterocycles. The number of hydrogen-bond donors (Lipinski definition) is 1. The number of nitrogens with one attached hydrogen (secondary N) is 1. The van der Waals surface area contributed by atoms with Gasteiger partial charge in [0.15, 0.2) is 0 Å².